The quantitative estimate of drug-likeness (QED) is 0.850. The highest BCUT2D eigenvalue weighted by molar-refractivity contribution is 5.92. The van der Waals surface area contributed by atoms with Crippen molar-refractivity contribution in [1.82, 2.24) is 0 Å². The van der Waals surface area contributed by atoms with E-state index in [1.807, 2.05) is 6.07 Å². The molecule has 3 N–H and O–H groups in total. The minimum absolute atomic E-state index is 0.0330. The van der Waals surface area contributed by atoms with E-state index in [-0.39, 0.29) is 11.8 Å². The summed E-state index contributed by atoms with van der Waals surface area (Å²) >= 11 is 0. The molecule has 0 radical (unpaired) electrons. The van der Waals surface area contributed by atoms with Gasteiger partial charge in [-0.05, 0) is 49.6 Å². The average Bonchev–Trinajstić information content (AvgIpc) is 2.88. The van der Waals surface area contributed by atoms with Gasteiger partial charge in [-0.25, -0.2) is 0 Å². The number of rotatable bonds is 3. The molecule has 0 bridgehead atoms. The summed E-state index contributed by atoms with van der Waals surface area (Å²) in [6, 6.07) is 8.95. The van der Waals surface area contributed by atoms with Crippen LogP contribution in [0.3, 0.4) is 0 Å². The second kappa shape index (κ2) is 5.65. The molecule has 1 aliphatic carbocycles. The van der Waals surface area contributed by atoms with Gasteiger partial charge in [-0.15, -0.1) is 0 Å². The van der Waals surface area contributed by atoms with Crippen LogP contribution in [0.25, 0.3) is 0 Å². The zero-order valence-electron chi connectivity index (χ0n) is 10.2. The van der Waals surface area contributed by atoms with Gasteiger partial charge in [-0.1, -0.05) is 6.42 Å². The molecule has 4 heteroatoms. The van der Waals surface area contributed by atoms with Crippen LogP contribution in [0.2, 0.25) is 0 Å². The van der Waals surface area contributed by atoms with E-state index in [4.69, 9.17) is 11.0 Å². The minimum atomic E-state index is 0.0330. The lowest BCUT2D eigenvalue weighted by molar-refractivity contribution is -0.120. The molecular formula is C14H17N3O. The Labute approximate surface area is 107 Å². The first-order valence-corrected chi connectivity index (χ1v) is 6.25. The molecule has 2 atom stereocenters. The van der Waals surface area contributed by atoms with E-state index in [9.17, 15) is 4.79 Å². The maximum atomic E-state index is 12.1. The zero-order chi connectivity index (χ0) is 13.0. The number of nitrogens with zero attached hydrogens (tertiary/aromatic N) is 1. The van der Waals surface area contributed by atoms with Crippen molar-refractivity contribution >= 4 is 11.6 Å². The molecule has 2 unspecified atom stereocenters. The number of nitrogens with two attached hydrogens (primary N) is 1. The van der Waals surface area contributed by atoms with Crippen molar-refractivity contribution in [3.63, 3.8) is 0 Å². The highest BCUT2D eigenvalue weighted by atomic mass is 16.1. The standard InChI is InChI=1S/C14H17N3O/c15-8-10-4-6-12(7-5-10)17-14(18)13-3-1-2-11(13)9-16/h4-7,11,13H,1-3,9,16H2,(H,17,18). The third kappa shape index (κ3) is 2.69. The molecule has 94 valence electrons. The van der Waals surface area contributed by atoms with Crippen LogP contribution >= 0.6 is 0 Å². The molecule has 1 amide bonds. The summed E-state index contributed by atoms with van der Waals surface area (Å²) in [6.45, 7) is 0.575. The van der Waals surface area contributed by atoms with E-state index in [0.29, 0.717) is 18.0 Å². The Hall–Kier alpha value is -1.86. The van der Waals surface area contributed by atoms with Crippen molar-refractivity contribution in [3.05, 3.63) is 29.8 Å². The molecule has 2 rings (SSSR count). The lowest BCUT2D eigenvalue weighted by Crippen LogP contribution is -2.29. The summed E-state index contributed by atoms with van der Waals surface area (Å²) in [6.07, 6.45) is 3.04. The molecule has 0 saturated heterocycles. The number of hydrogen-bond acceptors (Lipinski definition) is 3. The number of nitrogens with one attached hydrogen (secondary N) is 1. The second-order valence-corrected chi connectivity index (χ2v) is 4.71. The number of carbonyl (C=O) groups excluding carboxylic acids is 1. The van der Waals surface area contributed by atoms with Gasteiger partial charge in [0, 0.05) is 11.6 Å². The van der Waals surface area contributed by atoms with E-state index in [2.05, 4.69) is 5.32 Å². The summed E-state index contributed by atoms with van der Waals surface area (Å²) in [5, 5.41) is 11.6. The Bertz CT molecular complexity index is 461. The van der Waals surface area contributed by atoms with Gasteiger partial charge in [-0.2, -0.15) is 5.26 Å². The summed E-state index contributed by atoms with van der Waals surface area (Å²) in [5.74, 6) is 0.390. The molecule has 4 nitrogen and oxygen atoms in total. The van der Waals surface area contributed by atoms with Gasteiger partial charge in [-0.3, -0.25) is 4.79 Å². The molecular weight excluding hydrogens is 226 g/mol. The summed E-state index contributed by atoms with van der Waals surface area (Å²) < 4.78 is 0. The normalized spacial score (nSPS) is 22.4. The van der Waals surface area contributed by atoms with E-state index in [1.54, 1.807) is 24.3 Å². The Morgan fingerprint density at radius 3 is 2.72 bits per heavy atom. The maximum absolute atomic E-state index is 12.1. The van der Waals surface area contributed by atoms with Crippen molar-refractivity contribution in [2.45, 2.75) is 19.3 Å². The minimum Gasteiger partial charge on any atom is -0.330 e. The summed E-state index contributed by atoms with van der Waals surface area (Å²) in [4.78, 5) is 12.1. The van der Waals surface area contributed by atoms with Crippen LogP contribution in [-0.2, 0) is 4.79 Å². The monoisotopic (exact) mass is 243 g/mol. The third-order valence-electron chi connectivity index (χ3n) is 3.58. The van der Waals surface area contributed by atoms with Crippen LogP contribution < -0.4 is 11.1 Å². The molecule has 1 aliphatic rings. The van der Waals surface area contributed by atoms with E-state index < -0.39 is 0 Å². The summed E-state index contributed by atoms with van der Waals surface area (Å²) in [7, 11) is 0. The Kier molecular flexibility index (Phi) is 3.96. The molecule has 0 spiro atoms. The van der Waals surface area contributed by atoms with Crippen molar-refractivity contribution in [3.8, 4) is 6.07 Å². The lowest BCUT2D eigenvalue weighted by Gasteiger charge is -2.17. The molecule has 0 aromatic heterocycles. The van der Waals surface area contributed by atoms with Crippen molar-refractivity contribution in [2.75, 3.05) is 11.9 Å². The van der Waals surface area contributed by atoms with Gasteiger partial charge in [0.25, 0.3) is 0 Å². The van der Waals surface area contributed by atoms with Gasteiger partial charge in [0.15, 0.2) is 0 Å². The van der Waals surface area contributed by atoms with Crippen LogP contribution in [0.4, 0.5) is 5.69 Å². The van der Waals surface area contributed by atoms with Crippen molar-refractivity contribution in [1.29, 1.82) is 5.26 Å². The number of nitriles is 1. The Morgan fingerprint density at radius 1 is 1.39 bits per heavy atom. The molecule has 1 aromatic rings. The zero-order valence-corrected chi connectivity index (χ0v) is 10.2. The largest absolute Gasteiger partial charge is 0.330 e. The van der Waals surface area contributed by atoms with Gasteiger partial charge in [0.2, 0.25) is 5.91 Å². The molecule has 1 saturated carbocycles. The summed E-state index contributed by atoms with van der Waals surface area (Å²) in [5.41, 5.74) is 7.01. The Morgan fingerprint density at radius 2 is 2.11 bits per heavy atom. The maximum Gasteiger partial charge on any atom is 0.227 e. The van der Waals surface area contributed by atoms with Crippen LogP contribution in [0.1, 0.15) is 24.8 Å². The molecule has 0 aliphatic heterocycles. The van der Waals surface area contributed by atoms with Crippen LogP contribution in [0.5, 0.6) is 0 Å². The van der Waals surface area contributed by atoms with Crippen LogP contribution in [0.15, 0.2) is 24.3 Å². The molecule has 0 heterocycles. The van der Waals surface area contributed by atoms with E-state index in [1.165, 1.54) is 0 Å². The predicted molar refractivity (Wildman–Crippen MR) is 69.7 cm³/mol. The van der Waals surface area contributed by atoms with Crippen molar-refractivity contribution < 1.29 is 4.79 Å². The Balaban J connectivity index is 2.00. The number of hydrogen-bond donors (Lipinski definition) is 2. The second-order valence-electron chi connectivity index (χ2n) is 4.71. The fraction of sp³-hybridized carbons (Fsp3) is 0.429. The molecule has 1 fully saturated rings. The first-order valence-electron chi connectivity index (χ1n) is 6.25. The number of anilines is 1. The van der Waals surface area contributed by atoms with Gasteiger partial charge in [0.1, 0.15) is 0 Å². The predicted octanol–water partition coefficient (Wildman–Crippen LogP) is 1.87. The van der Waals surface area contributed by atoms with Gasteiger partial charge < -0.3 is 11.1 Å². The molecule has 1 aromatic carbocycles. The van der Waals surface area contributed by atoms with Crippen LogP contribution in [0, 0.1) is 23.2 Å². The highest BCUT2D eigenvalue weighted by Crippen LogP contribution is 2.31. The third-order valence-corrected chi connectivity index (χ3v) is 3.58. The topological polar surface area (TPSA) is 78.9 Å². The fourth-order valence-electron chi connectivity index (χ4n) is 2.53. The smallest absolute Gasteiger partial charge is 0.227 e. The van der Waals surface area contributed by atoms with Crippen LogP contribution in [-0.4, -0.2) is 12.5 Å². The molecule has 18 heavy (non-hydrogen) atoms. The number of carbonyl (C=O) groups is 1. The average molecular weight is 243 g/mol. The SMILES string of the molecule is N#Cc1ccc(NC(=O)C2CCCC2CN)cc1. The van der Waals surface area contributed by atoms with E-state index in [0.717, 1.165) is 24.9 Å². The number of benzene rings is 1. The first-order chi connectivity index (χ1) is 8.74. The highest BCUT2D eigenvalue weighted by Gasteiger charge is 2.31. The fourth-order valence-corrected chi connectivity index (χ4v) is 2.53. The van der Waals surface area contributed by atoms with Crippen molar-refractivity contribution in [2.24, 2.45) is 17.6 Å². The van der Waals surface area contributed by atoms with Gasteiger partial charge >= 0.3 is 0 Å². The first kappa shape index (κ1) is 12.6. The number of amides is 1. The lowest BCUT2D eigenvalue weighted by atomic mass is 9.95. The van der Waals surface area contributed by atoms with Gasteiger partial charge in [0.05, 0.1) is 11.6 Å². The van der Waals surface area contributed by atoms with E-state index >= 15 is 0 Å².